The highest BCUT2D eigenvalue weighted by atomic mass is 79.9. The Balaban J connectivity index is 2.25. The van der Waals surface area contributed by atoms with Crippen molar-refractivity contribution < 1.29 is 0 Å². The van der Waals surface area contributed by atoms with Gasteiger partial charge in [-0.25, -0.2) is 0 Å². The topological polar surface area (TPSA) is 26.0 Å². The molecular weight excluding hydrogens is 214 g/mol. The summed E-state index contributed by atoms with van der Waals surface area (Å²) < 4.78 is 1.14. The Morgan fingerprint density at radius 1 is 1.33 bits per heavy atom. The second kappa shape index (κ2) is 3.19. The summed E-state index contributed by atoms with van der Waals surface area (Å²) in [5, 5.41) is 0. The average molecular weight is 226 g/mol. The van der Waals surface area contributed by atoms with Crippen LogP contribution in [-0.2, 0) is 0 Å². The molecule has 1 atom stereocenters. The van der Waals surface area contributed by atoms with Crippen LogP contribution in [0, 0.1) is 5.92 Å². The number of halogens is 1. The number of hydrogen-bond donors (Lipinski definition) is 1. The van der Waals surface area contributed by atoms with Gasteiger partial charge in [-0.15, -0.1) is 0 Å². The van der Waals surface area contributed by atoms with Crippen LogP contribution in [0.2, 0.25) is 0 Å². The van der Waals surface area contributed by atoms with E-state index in [1.54, 1.807) is 0 Å². The summed E-state index contributed by atoms with van der Waals surface area (Å²) >= 11 is 3.51. The predicted molar refractivity (Wildman–Crippen MR) is 53.8 cm³/mol. The highest BCUT2D eigenvalue weighted by Gasteiger charge is 2.30. The molecule has 0 spiro atoms. The van der Waals surface area contributed by atoms with Crippen molar-refractivity contribution >= 4 is 15.9 Å². The molecule has 0 aromatic heterocycles. The molecule has 0 saturated heterocycles. The van der Waals surface area contributed by atoms with Crippen molar-refractivity contribution in [1.82, 2.24) is 0 Å². The maximum Gasteiger partial charge on any atom is 0.0334 e. The Bertz CT molecular complexity index is 281. The lowest BCUT2D eigenvalue weighted by molar-refractivity contribution is 0.631. The van der Waals surface area contributed by atoms with E-state index in [0.29, 0.717) is 0 Å². The SMILES string of the molecule is NC(c1ccccc1Br)C1CC1. The molecule has 2 rings (SSSR count). The highest BCUT2D eigenvalue weighted by molar-refractivity contribution is 9.10. The standard InChI is InChI=1S/C10H12BrN/c11-9-4-2-1-3-8(9)10(12)7-5-6-7/h1-4,7,10H,5-6,12H2. The number of rotatable bonds is 2. The smallest absolute Gasteiger partial charge is 0.0334 e. The largest absolute Gasteiger partial charge is 0.324 e. The van der Waals surface area contributed by atoms with Gasteiger partial charge in [0, 0.05) is 10.5 Å². The molecular formula is C10H12BrN. The predicted octanol–water partition coefficient (Wildman–Crippen LogP) is 2.86. The van der Waals surface area contributed by atoms with Gasteiger partial charge in [0.1, 0.15) is 0 Å². The van der Waals surface area contributed by atoms with Crippen molar-refractivity contribution in [3.05, 3.63) is 34.3 Å². The fourth-order valence-corrected chi connectivity index (χ4v) is 2.00. The molecule has 1 unspecified atom stereocenters. The molecule has 1 aromatic rings. The third-order valence-corrected chi connectivity index (χ3v) is 3.12. The summed E-state index contributed by atoms with van der Waals surface area (Å²) in [6.07, 6.45) is 2.59. The normalized spacial score (nSPS) is 19.2. The molecule has 0 radical (unpaired) electrons. The molecule has 1 aromatic carbocycles. The van der Waals surface area contributed by atoms with E-state index in [2.05, 4.69) is 28.1 Å². The summed E-state index contributed by atoms with van der Waals surface area (Å²) in [7, 11) is 0. The Kier molecular flexibility index (Phi) is 2.20. The molecule has 0 bridgehead atoms. The van der Waals surface area contributed by atoms with Gasteiger partial charge < -0.3 is 5.73 Å². The number of nitrogens with two attached hydrogens (primary N) is 1. The molecule has 2 N–H and O–H groups in total. The molecule has 12 heavy (non-hydrogen) atoms. The zero-order chi connectivity index (χ0) is 8.55. The Hall–Kier alpha value is -0.340. The summed E-state index contributed by atoms with van der Waals surface area (Å²) in [4.78, 5) is 0. The van der Waals surface area contributed by atoms with E-state index in [4.69, 9.17) is 5.73 Å². The molecule has 1 fully saturated rings. The Morgan fingerprint density at radius 2 is 2.00 bits per heavy atom. The van der Waals surface area contributed by atoms with Gasteiger partial charge in [0.15, 0.2) is 0 Å². The molecule has 1 nitrogen and oxygen atoms in total. The summed E-state index contributed by atoms with van der Waals surface area (Å²) in [6.45, 7) is 0. The van der Waals surface area contributed by atoms with Crippen LogP contribution in [0.3, 0.4) is 0 Å². The number of hydrogen-bond acceptors (Lipinski definition) is 1. The van der Waals surface area contributed by atoms with Gasteiger partial charge in [0.2, 0.25) is 0 Å². The first-order chi connectivity index (χ1) is 5.79. The van der Waals surface area contributed by atoms with E-state index in [9.17, 15) is 0 Å². The van der Waals surface area contributed by atoms with Crippen LogP contribution in [-0.4, -0.2) is 0 Å². The van der Waals surface area contributed by atoms with Gasteiger partial charge in [-0.1, -0.05) is 34.1 Å². The molecule has 2 heteroatoms. The first kappa shape index (κ1) is 8.27. The second-order valence-corrected chi connectivity index (χ2v) is 4.24. The third-order valence-electron chi connectivity index (χ3n) is 2.39. The first-order valence-electron chi connectivity index (χ1n) is 4.29. The van der Waals surface area contributed by atoms with Crippen molar-refractivity contribution in [3.8, 4) is 0 Å². The minimum absolute atomic E-state index is 0.237. The van der Waals surface area contributed by atoms with Crippen LogP contribution in [0.1, 0.15) is 24.4 Å². The maximum atomic E-state index is 6.07. The van der Waals surface area contributed by atoms with Crippen LogP contribution in [0.15, 0.2) is 28.7 Å². The van der Waals surface area contributed by atoms with Crippen LogP contribution in [0.25, 0.3) is 0 Å². The summed E-state index contributed by atoms with van der Waals surface area (Å²) in [6, 6.07) is 8.46. The van der Waals surface area contributed by atoms with Crippen molar-refractivity contribution in [2.75, 3.05) is 0 Å². The average Bonchev–Trinajstić information content (AvgIpc) is 2.86. The third kappa shape index (κ3) is 1.54. The van der Waals surface area contributed by atoms with E-state index in [0.717, 1.165) is 10.4 Å². The fourth-order valence-electron chi connectivity index (χ4n) is 1.45. The molecule has 64 valence electrons. The summed E-state index contributed by atoms with van der Waals surface area (Å²) in [5.74, 6) is 0.726. The maximum absolute atomic E-state index is 6.07. The lowest BCUT2D eigenvalue weighted by Gasteiger charge is -2.11. The lowest BCUT2D eigenvalue weighted by atomic mass is 10.0. The number of benzene rings is 1. The van der Waals surface area contributed by atoms with E-state index in [1.165, 1.54) is 18.4 Å². The Labute approximate surface area is 81.1 Å². The second-order valence-electron chi connectivity index (χ2n) is 3.38. The van der Waals surface area contributed by atoms with Gasteiger partial charge in [-0.05, 0) is 30.4 Å². The van der Waals surface area contributed by atoms with Crippen molar-refractivity contribution in [2.24, 2.45) is 11.7 Å². The van der Waals surface area contributed by atoms with Crippen LogP contribution in [0.4, 0.5) is 0 Å². The molecule has 0 aliphatic heterocycles. The van der Waals surface area contributed by atoms with Gasteiger partial charge in [0.05, 0.1) is 0 Å². The molecule has 1 aliphatic carbocycles. The molecule has 0 amide bonds. The first-order valence-corrected chi connectivity index (χ1v) is 5.08. The van der Waals surface area contributed by atoms with Crippen LogP contribution >= 0.6 is 15.9 Å². The fraction of sp³-hybridized carbons (Fsp3) is 0.400. The molecule has 0 heterocycles. The van der Waals surface area contributed by atoms with E-state index >= 15 is 0 Å². The van der Waals surface area contributed by atoms with Gasteiger partial charge >= 0.3 is 0 Å². The van der Waals surface area contributed by atoms with Crippen molar-refractivity contribution in [2.45, 2.75) is 18.9 Å². The van der Waals surface area contributed by atoms with Crippen LogP contribution in [0.5, 0.6) is 0 Å². The minimum Gasteiger partial charge on any atom is -0.324 e. The zero-order valence-electron chi connectivity index (χ0n) is 6.83. The van der Waals surface area contributed by atoms with Crippen molar-refractivity contribution in [3.63, 3.8) is 0 Å². The highest BCUT2D eigenvalue weighted by Crippen LogP contribution is 2.41. The summed E-state index contributed by atoms with van der Waals surface area (Å²) in [5.41, 5.74) is 7.32. The monoisotopic (exact) mass is 225 g/mol. The van der Waals surface area contributed by atoms with Gasteiger partial charge in [-0.2, -0.15) is 0 Å². The van der Waals surface area contributed by atoms with E-state index in [-0.39, 0.29) is 6.04 Å². The Morgan fingerprint density at radius 3 is 2.58 bits per heavy atom. The van der Waals surface area contributed by atoms with Crippen LogP contribution < -0.4 is 5.73 Å². The van der Waals surface area contributed by atoms with E-state index < -0.39 is 0 Å². The van der Waals surface area contributed by atoms with Gasteiger partial charge in [-0.3, -0.25) is 0 Å². The quantitative estimate of drug-likeness (QED) is 0.824. The lowest BCUT2D eigenvalue weighted by Crippen LogP contribution is -2.12. The van der Waals surface area contributed by atoms with E-state index in [1.807, 2.05) is 12.1 Å². The molecule has 1 saturated carbocycles. The van der Waals surface area contributed by atoms with Gasteiger partial charge in [0.25, 0.3) is 0 Å². The zero-order valence-corrected chi connectivity index (χ0v) is 8.42. The van der Waals surface area contributed by atoms with Crippen molar-refractivity contribution in [1.29, 1.82) is 0 Å². The minimum atomic E-state index is 0.237. The molecule has 1 aliphatic rings.